The number of fused-ring (bicyclic) bond motifs is 1. The number of nitrogens with one attached hydrogen (secondary N) is 1. The predicted molar refractivity (Wildman–Crippen MR) is 106 cm³/mol. The highest BCUT2D eigenvalue weighted by molar-refractivity contribution is 5.93. The molecule has 0 unspecified atom stereocenters. The van der Waals surface area contributed by atoms with E-state index in [4.69, 9.17) is 0 Å². The summed E-state index contributed by atoms with van der Waals surface area (Å²) in [6, 6.07) is 2.96. The molecule has 1 aromatic carbocycles. The second-order valence-electron chi connectivity index (χ2n) is 7.57. The van der Waals surface area contributed by atoms with E-state index in [-0.39, 0.29) is 22.9 Å². The number of anilines is 1. The van der Waals surface area contributed by atoms with Crippen molar-refractivity contribution in [3.05, 3.63) is 39.9 Å². The fourth-order valence-corrected chi connectivity index (χ4v) is 3.84. The van der Waals surface area contributed by atoms with Gasteiger partial charge in [-0.05, 0) is 25.0 Å². The van der Waals surface area contributed by atoms with E-state index in [9.17, 15) is 23.9 Å². The van der Waals surface area contributed by atoms with E-state index in [0.29, 0.717) is 43.9 Å². The van der Waals surface area contributed by atoms with E-state index in [1.807, 2.05) is 9.80 Å². The lowest BCUT2D eigenvalue weighted by molar-refractivity contribution is -0.121. The number of nitrogens with zero attached hydrogens (tertiary/aromatic N) is 3. The number of carbonyl (C=O) groups excluding carboxylic acids is 1. The molecule has 0 spiro atoms. The monoisotopic (exact) mass is 402 g/mol. The van der Waals surface area contributed by atoms with Crippen molar-refractivity contribution in [2.24, 2.45) is 0 Å². The van der Waals surface area contributed by atoms with Crippen molar-refractivity contribution < 1.29 is 19.1 Å². The van der Waals surface area contributed by atoms with Crippen LogP contribution in [0.1, 0.15) is 29.2 Å². The molecule has 29 heavy (non-hydrogen) atoms. The number of carboxylic acids is 1. The average molecular weight is 402 g/mol. The molecular weight excluding hydrogens is 379 g/mol. The van der Waals surface area contributed by atoms with E-state index >= 15 is 0 Å². The summed E-state index contributed by atoms with van der Waals surface area (Å²) < 4.78 is 16.7. The lowest BCUT2D eigenvalue weighted by atomic mass is 10.1. The number of hydrogen-bond acceptors (Lipinski definition) is 5. The molecule has 1 aliphatic carbocycles. The van der Waals surface area contributed by atoms with Crippen molar-refractivity contribution in [3.8, 4) is 0 Å². The summed E-state index contributed by atoms with van der Waals surface area (Å²) in [6.45, 7) is 2.67. The highest BCUT2D eigenvalue weighted by Gasteiger charge is 2.28. The fourth-order valence-electron chi connectivity index (χ4n) is 3.84. The van der Waals surface area contributed by atoms with Crippen LogP contribution >= 0.6 is 0 Å². The summed E-state index contributed by atoms with van der Waals surface area (Å²) in [5, 5.41) is 12.0. The van der Waals surface area contributed by atoms with Gasteiger partial charge in [-0.15, -0.1) is 0 Å². The summed E-state index contributed by atoms with van der Waals surface area (Å²) in [5.74, 6) is -1.90. The molecule has 9 heteroatoms. The van der Waals surface area contributed by atoms with Gasteiger partial charge in [-0.3, -0.25) is 14.5 Å². The Labute approximate surface area is 166 Å². The molecule has 2 heterocycles. The highest BCUT2D eigenvalue weighted by atomic mass is 19.1. The zero-order chi connectivity index (χ0) is 20.7. The SMILES string of the molecule is CNC(=O)CN1CCN(c2cc3c(cc2F)c(=O)c(C(=O)O)cn3C2CC2)CC1. The van der Waals surface area contributed by atoms with Gasteiger partial charge in [0.05, 0.1) is 17.7 Å². The molecule has 2 aromatic rings. The molecular formula is C20H23FN4O4. The molecule has 1 saturated carbocycles. The number of hydrogen-bond donors (Lipinski definition) is 2. The third-order valence-electron chi connectivity index (χ3n) is 5.63. The normalized spacial score (nSPS) is 17.5. The van der Waals surface area contributed by atoms with Gasteiger partial charge in [-0.1, -0.05) is 0 Å². The Kier molecular flexibility index (Phi) is 4.99. The number of carboxylic acid groups (broad SMARTS) is 1. The maximum absolute atomic E-state index is 14.9. The zero-order valence-corrected chi connectivity index (χ0v) is 16.2. The van der Waals surface area contributed by atoms with Crippen LogP contribution in [0.15, 0.2) is 23.1 Å². The van der Waals surface area contributed by atoms with Crippen LogP contribution in [0.3, 0.4) is 0 Å². The largest absolute Gasteiger partial charge is 0.477 e. The first kappa shape index (κ1) is 19.4. The molecule has 2 aliphatic rings. The van der Waals surface area contributed by atoms with Gasteiger partial charge in [0.25, 0.3) is 0 Å². The number of halogens is 1. The first-order valence-corrected chi connectivity index (χ1v) is 9.68. The fraction of sp³-hybridized carbons (Fsp3) is 0.450. The molecule has 1 saturated heterocycles. The number of pyridine rings is 1. The van der Waals surface area contributed by atoms with Gasteiger partial charge in [0.15, 0.2) is 0 Å². The van der Waals surface area contributed by atoms with Crippen LogP contribution < -0.4 is 15.6 Å². The van der Waals surface area contributed by atoms with Crippen LogP contribution in [0.5, 0.6) is 0 Å². The standard InChI is InChI=1S/C20H23FN4O4/c1-22-18(26)11-23-4-6-24(7-5-23)17-9-16-13(8-15(17)21)19(27)14(20(28)29)10-25(16)12-2-3-12/h8-10,12H,2-7,11H2,1H3,(H,22,26)(H,28,29). The van der Waals surface area contributed by atoms with Crippen molar-refractivity contribution in [2.75, 3.05) is 44.7 Å². The van der Waals surface area contributed by atoms with Gasteiger partial charge in [-0.25, -0.2) is 9.18 Å². The molecule has 1 amide bonds. The maximum Gasteiger partial charge on any atom is 0.341 e. The van der Waals surface area contributed by atoms with Crippen LogP contribution in [-0.2, 0) is 4.79 Å². The number of benzene rings is 1. The topological polar surface area (TPSA) is 94.9 Å². The first-order valence-electron chi connectivity index (χ1n) is 9.68. The van der Waals surface area contributed by atoms with Crippen molar-refractivity contribution in [3.63, 3.8) is 0 Å². The summed E-state index contributed by atoms with van der Waals surface area (Å²) in [6.07, 6.45) is 3.19. The van der Waals surface area contributed by atoms with Crippen molar-refractivity contribution in [1.82, 2.24) is 14.8 Å². The molecule has 0 radical (unpaired) electrons. The number of rotatable bonds is 5. The summed E-state index contributed by atoms with van der Waals surface area (Å²) in [5.41, 5.74) is -0.0368. The van der Waals surface area contributed by atoms with Gasteiger partial charge < -0.3 is 19.9 Å². The van der Waals surface area contributed by atoms with Crippen LogP contribution in [0.2, 0.25) is 0 Å². The van der Waals surface area contributed by atoms with Crippen LogP contribution in [0, 0.1) is 5.82 Å². The predicted octanol–water partition coefficient (Wildman–Crippen LogP) is 1.04. The molecule has 1 aromatic heterocycles. The van der Waals surface area contributed by atoms with Gasteiger partial charge in [0.1, 0.15) is 11.4 Å². The number of piperazine rings is 1. The van der Waals surface area contributed by atoms with Gasteiger partial charge in [-0.2, -0.15) is 0 Å². The van der Waals surface area contributed by atoms with Crippen LogP contribution in [0.25, 0.3) is 10.9 Å². The third kappa shape index (κ3) is 3.69. The Morgan fingerprint density at radius 1 is 1.21 bits per heavy atom. The van der Waals surface area contributed by atoms with E-state index in [2.05, 4.69) is 5.32 Å². The molecule has 1 aliphatic heterocycles. The van der Waals surface area contributed by atoms with E-state index in [0.717, 1.165) is 18.9 Å². The quantitative estimate of drug-likeness (QED) is 0.776. The molecule has 154 valence electrons. The Hall–Kier alpha value is -2.94. The van der Waals surface area contributed by atoms with E-state index < -0.39 is 17.2 Å². The Balaban J connectivity index is 1.68. The molecule has 4 rings (SSSR count). The molecule has 8 nitrogen and oxygen atoms in total. The molecule has 0 bridgehead atoms. The molecule has 2 fully saturated rings. The minimum Gasteiger partial charge on any atom is -0.477 e. The average Bonchev–Trinajstić information content (AvgIpc) is 3.54. The Morgan fingerprint density at radius 3 is 2.48 bits per heavy atom. The number of aromatic carboxylic acids is 1. The number of amides is 1. The maximum atomic E-state index is 14.9. The molecule has 0 atom stereocenters. The summed E-state index contributed by atoms with van der Waals surface area (Å²) in [4.78, 5) is 39.5. The summed E-state index contributed by atoms with van der Waals surface area (Å²) in [7, 11) is 1.60. The second-order valence-corrected chi connectivity index (χ2v) is 7.57. The van der Waals surface area contributed by atoms with Crippen LogP contribution in [0.4, 0.5) is 10.1 Å². The lowest BCUT2D eigenvalue weighted by Crippen LogP contribution is -2.49. The lowest BCUT2D eigenvalue weighted by Gasteiger charge is -2.36. The number of likely N-dealkylation sites (N-methyl/N-ethyl adjacent to an activating group) is 1. The van der Waals surface area contributed by atoms with Gasteiger partial charge in [0.2, 0.25) is 11.3 Å². The van der Waals surface area contributed by atoms with E-state index in [1.165, 1.54) is 6.20 Å². The smallest absolute Gasteiger partial charge is 0.341 e. The Morgan fingerprint density at radius 2 is 1.90 bits per heavy atom. The third-order valence-corrected chi connectivity index (χ3v) is 5.63. The second kappa shape index (κ2) is 7.47. The van der Waals surface area contributed by atoms with Crippen molar-refractivity contribution >= 4 is 28.5 Å². The van der Waals surface area contributed by atoms with Gasteiger partial charge >= 0.3 is 5.97 Å². The first-order chi connectivity index (χ1) is 13.9. The minimum absolute atomic E-state index is 0.0574. The number of aromatic nitrogens is 1. The van der Waals surface area contributed by atoms with Crippen LogP contribution in [-0.4, -0.2) is 66.2 Å². The highest BCUT2D eigenvalue weighted by Crippen LogP contribution is 2.38. The van der Waals surface area contributed by atoms with E-state index in [1.54, 1.807) is 17.7 Å². The van der Waals surface area contributed by atoms with Crippen molar-refractivity contribution in [1.29, 1.82) is 0 Å². The minimum atomic E-state index is -1.30. The summed E-state index contributed by atoms with van der Waals surface area (Å²) >= 11 is 0. The Bertz CT molecular complexity index is 1040. The van der Waals surface area contributed by atoms with Gasteiger partial charge in [0, 0.05) is 50.9 Å². The van der Waals surface area contributed by atoms with Crippen molar-refractivity contribution in [2.45, 2.75) is 18.9 Å². The zero-order valence-electron chi connectivity index (χ0n) is 16.2. The molecule has 2 N–H and O–H groups in total. The number of carbonyl (C=O) groups is 2.